The molecule has 0 unspecified atom stereocenters. The van der Waals surface area contributed by atoms with Gasteiger partial charge in [0.15, 0.2) is 0 Å². The first-order valence-electron chi connectivity index (χ1n) is 6.45. The molecule has 2 aromatic carbocycles. The summed E-state index contributed by atoms with van der Waals surface area (Å²) >= 11 is 3.52. The zero-order valence-electron chi connectivity index (χ0n) is 10.8. The second kappa shape index (κ2) is 5.25. The zero-order valence-corrected chi connectivity index (χ0v) is 12.4. The van der Waals surface area contributed by atoms with Crippen molar-refractivity contribution < 1.29 is 4.74 Å². The Labute approximate surface area is 121 Å². The van der Waals surface area contributed by atoms with Gasteiger partial charge in [-0.05, 0) is 54.3 Å². The third-order valence-corrected chi connectivity index (χ3v) is 4.11. The minimum absolute atomic E-state index is 0.389. The zero-order chi connectivity index (χ0) is 13.2. The van der Waals surface area contributed by atoms with Crippen LogP contribution in [-0.4, -0.2) is 7.11 Å². The Balaban J connectivity index is 1.82. The van der Waals surface area contributed by atoms with Gasteiger partial charge in [0.1, 0.15) is 5.75 Å². The van der Waals surface area contributed by atoms with Crippen molar-refractivity contribution in [1.29, 1.82) is 0 Å². The lowest BCUT2D eigenvalue weighted by Gasteiger charge is -2.27. The number of benzene rings is 2. The van der Waals surface area contributed by atoms with Gasteiger partial charge in [0, 0.05) is 10.2 Å². The number of aryl methyl sites for hydroxylation is 1. The molecule has 1 atom stereocenters. The normalized spacial score (nSPS) is 17.5. The molecule has 0 aliphatic carbocycles. The smallest absolute Gasteiger partial charge is 0.118 e. The Kier molecular flexibility index (Phi) is 3.47. The summed E-state index contributed by atoms with van der Waals surface area (Å²) < 4.78 is 6.35. The van der Waals surface area contributed by atoms with Crippen LogP contribution in [0.2, 0.25) is 0 Å². The van der Waals surface area contributed by atoms with E-state index in [4.69, 9.17) is 4.74 Å². The summed E-state index contributed by atoms with van der Waals surface area (Å²) in [6.45, 7) is 0. The second-order valence-electron chi connectivity index (χ2n) is 4.81. The fraction of sp³-hybridized carbons (Fsp3) is 0.250. The highest BCUT2D eigenvalue weighted by Crippen LogP contribution is 2.34. The van der Waals surface area contributed by atoms with E-state index in [0.717, 1.165) is 23.1 Å². The van der Waals surface area contributed by atoms with Gasteiger partial charge in [-0.1, -0.05) is 28.1 Å². The molecule has 0 aromatic heterocycles. The van der Waals surface area contributed by atoms with Gasteiger partial charge in [-0.3, -0.25) is 0 Å². The molecule has 0 radical (unpaired) electrons. The number of hydrogen-bond acceptors (Lipinski definition) is 2. The van der Waals surface area contributed by atoms with Gasteiger partial charge in [0.2, 0.25) is 0 Å². The average molecular weight is 318 g/mol. The van der Waals surface area contributed by atoms with Gasteiger partial charge in [-0.25, -0.2) is 0 Å². The number of anilines is 1. The maximum absolute atomic E-state index is 5.20. The molecular weight excluding hydrogens is 302 g/mol. The monoisotopic (exact) mass is 317 g/mol. The lowest BCUT2D eigenvalue weighted by Crippen LogP contribution is -2.17. The number of hydrogen-bond donors (Lipinski definition) is 1. The molecule has 3 heteroatoms. The number of nitrogens with one attached hydrogen (secondary N) is 1. The van der Waals surface area contributed by atoms with Crippen LogP contribution in [0.25, 0.3) is 0 Å². The van der Waals surface area contributed by atoms with Crippen molar-refractivity contribution in [2.75, 3.05) is 12.4 Å². The molecule has 0 spiro atoms. The van der Waals surface area contributed by atoms with E-state index in [9.17, 15) is 0 Å². The lowest BCUT2D eigenvalue weighted by atomic mass is 9.93. The maximum atomic E-state index is 5.20. The van der Waals surface area contributed by atoms with Gasteiger partial charge in [-0.15, -0.1) is 0 Å². The number of rotatable bonds is 2. The van der Waals surface area contributed by atoms with Crippen molar-refractivity contribution in [1.82, 2.24) is 0 Å². The molecule has 2 aromatic rings. The second-order valence-corrected chi connectivity index (χ2v) is 5.73. The van der Waals surface area contributed by atoms with Crippen molar-refractivity contribution in [3.05, 3.63) is 58.1 Å². The number of ether oxygens (including phenoxy) is 1. The highest BCUT2D eigenvalue weighted by molar-refractivity contribution is 9.10. The molecule has 0 amide bonds. The summed E-state index contributed by atoms with van der Waals surface area (Å²) in [7, 11) is 1.70. The summed E-state index contributed by atoms with van der Waals surface area (Å²) in [6, 6.07) is 15.1. The number of halogens is 1. The molecular formula is C16H16BrNO. The van der Waals surface area contributed by atoms with E-state index in [1.54, 1.807) is 7.11 Å². The standard InChI is InChI=1S/C16H16BrNO/c1-19-14-6-2-11(3-7-14)15-8-4-12-10-13(17)5-9-16(12)18-15/h2-3,5-7,9-10,15,18H,4,8H2,1H3/t15-/m0/s1. The number of methoxy groups -OCH3 is 1. The molecule has 3 rings (SSSR count). The molecule has 0 saturated carbocycles. The van der Waals surface area contributed by atoms with Crippen molar-refractivity contribution in [2.24, 2.45) is 0 Å². The molecule has 2 nitrogen and oxygen atoms in total. The number of fused-ring (bicyclic) bond motifs is 1. The predicted octanol–water partition coefficient (Wildman–Crippen LogP) is 4.56. The topological polar surface area (TPSA) is 21.3 Å². The molecule has 0 bridgehead atoms. The Morgan fingerprint density at radius 1 is 1.16 bits per heavy atom. The lowest BCUT2D eigenvalue weighted by molar-refractivity contribution is 0.414. The Hall–Kier alpha value is -1.48. The molecule has 1 aliphatic heterocycles. The Morgan fingerprint density at radius 2 is 1.95 bits per heavy atom. The molecule has 1 aliphatic rings. The van der Waals surface area contributed by atoms with Crippen molar-refractivity contribution in [3.63, 3.8) is 0 Å². The van der Waals surface area contributed by atoms with Crippen LogP contribution in [0.3, 0.4) is 0 Å². The molecule has 0 fully saturated rings. The first-order valence-corrected chi connectivity index (χ1v) is 7.24. The molecule has 1 heterocycles. The molecule has 0 saturated heterocycles. The van der Waals surface area contributed by atoms with Crippen LogP contribution in [0.1, 0.15) is 23.6 Å². The third kappa shape index (κ3) is 2.61. The van der Waals surface area contributed by atoms with E-state index in [2.05, 4.69) is 51.6 Å². The summed E-state index contributed by atoms with van der Waals surface area (Å²) in [6.07, 6.45) is 2.23. The molecule has 1 N–H and O–H groups in total. The highest BCUT2D eigenvalue weighted by Gasteiger charge is 2.19. The Bertz CT molecular complexity index is 580. The van der Waals surface area contributed by atoms with E-state index in [1.165, 1.54) is 16.8 Å². The largest absolute Gasteiger partial charge is 0.497 e. The van der Waals surface area contributed by atoms with Gasteiger partial charge >= 0.3 is 0 Å². The van der Waals surface area contributed by atoms with E-state index in [-0.39, 0.29) is 0 Å². The first-order chi connectivity index (χ1) is 9.26. The summed E-state index contributed by atoms with van der Waals surface area (Å²) in [5, 5.41) is 3.62. The van der Waals surface area contributed by atoms with Crippen LogP contribution in [0.15, 0.2) is 46.9 Å². The fourth-order valence-corrected chi connectivity index (χ4v) is 2.96. The van der Waals surface area contributed by atoms with Crippen molar-refractivity contribution in [2.45, 2.75) is 18.9 Å². The van der Waals surface area contributed by atoms with E-state index < -0.39 is 0 Å². The predicted molar refractivity (Wildman–Crippen MR) is 81.8 cm³/mol. The summed E-state index contributed by atoms with van der Waals surface area (Å²) in [5.74, 6) is 0.906. The third-order valence-electron chi connectivity index (χ3n) is 3.62. The minimum atomic E-state index is 0.389. The van der Waals surface area contributed by atoms with Crippen LogP contribution < -0.4 is 10.1 Å². The molecule has 19 heavy (non-hydrogen) atoms. The first kappa shape index (κ1) is 12.5. The summed E-state index contributed by atoms with van der Waals surface area (Å²) in [5.41, 5.74) is 3.95. The van der Waals surface area contributed by atoms with Crippen LogP contribution >= 0.6 is 15.9 Å². The summed E-state index contributed by atoms with van der Waals surface area (Å²) in [4.78, 5) is 0. The highest BCUT2D eigenvalue weighted by atomic mass is 79.9. The minimum Gasteiger partial charge on any atom is -0.497 e. The van der Waals surface area contributed by atoms with Crippen LogP contribution in [0.5, 0.6) is 5.75 Å². The van der Waals surface area contributed by atoms with Crippen LogP contribution in [0.4, 0.5) is 5.69 Å². The molecule has 98 valence electrons. The van der Waals surface area contributed by atoms with Crippen LogP contribution in [0, 0.1) is 0 Å². The van der Waals surface area contributed by atoms with Gasteiger partial charge in [0.05, 0.1) is 13.2 Å². The van der Waals surface area contributed by atoms with Crippen molar-refractivity contribution in [3.8, 4) is 5.75 Å². The van der Waals surface area contributed by atoms with Gasteiger partial charge in [0.25, 0.3) is 0 Å². The maximum Gasteiger partial charge on any atom is 0.118 e. The van der Waals surface area contributed by atoms with Crippen molar-refractivity contribution >= 4 is 21.6 Å². The van der Waals surface area contributed by atoms with E-state index >= 15 is 0 Å². The van der Waals surface area contributed by atoms with Gasteiger partial charge < -0.3 is 10.1 Å². The quantitative estimate of drug-likeness (QED) is 0.876. The van der Waals surface area contributed by atoms with E-state index in [1.807, 2.05) is 12.1 Å². The van der Waals surface area contributed by atoms with E-state index in [0.29, 0.717) is 6.04 Å². The van der Waals surface area contributed by atoms with Gasteiger partial charge in [-0.2, -0.15) is 0 Å². The Morgan fingerprint density at radius 3 is 2.68 bits per heavy atom. The van der Waals surface area contributed by atoms with Crippen LogP contribution in [-0.2, 0) is 6.42 Å². The fourth-order valence-electron chi connectivity index (χ4n) is 2.56. The average Bonchev–Trinajstić information content (AvgIpc) is 2.47. The SMILES string of the molecule is COc1ccc([C@@H]2CCc3cc(Br)ccc3N2)cc1.